The Morgan fingerprint density at radius 3 is 2.43 bits per heavy atom. The quantitative estimate of drug-likeness (QED) is 0.0555. The number of amides is 4. The summed E-state index contributed by atoms with van der Waals surface area (Å²) in [4.78, 5) is 84.7. The zero-order valence-electron chi connectivity index (χ0n) is 28.9. The van der Waals surface area contributed by atoms with Crippen molar-refractivity contribution in [1.82, 2.24) is 10.5 Å². The predicted octanol–water partition coefficient (Wildman–Crippen LogP) is 3.96. The zero-order chi connectivity index (χ0) is 36.8. The second-order valence-electron chi connectivity index (χ2n) is 12.2. The number of carbonyl (C=O) groups excluding carboxylic acids is 6. The number of ketones is 1. The molecule has 0 spiro atoms. The number of nitrogens with zero attached hydrogens (tertiary/aromatic N) is 1. The van der Waals surface area contributed by atoms with Crippen LogP contribution in [0.2, 0.25) is 0 Å². The van der Waals surface area contributed by atoms with Crippen LogP contribution in [0.5, 0.6) is 0 Å². The molecule has 1 heterocycles. The summed E-state index contributed by atoms with van der Waals surface area (Å²) in [6, 6.07) is 10.5. The monoisotopic (exact) mass is 711 g/mol. The third kappa shape index (κ3) is 11.1. The molecule has 1 saturated heterocycles. The molecule has 15 heteroatoms. The molecule has 1 fully saturated rings. The summed E-state index contributed by atoms with van der Waals surface area (Å²) in [7, 11) is 1.57. The number of benzene rings is 2. The number of methoxy groups -OCH3 is 1. The first-order valence-corrected chi connectivity index (χ1v) is 17.1. The minimum Gasteiger partial charge on any atom is -0.432 e. The number of aliphatic hydroxyl groups is 1. The molecular formula is C36H45N3O12. The predicted molar refractivity (Wildman–Crippen MR) is 181 cm³/mol. The van der Waals surface area contributed by atoms with Gasteiger partial charge >= 0.3 is 6.16 Å². The normalized spacial score (nSPS) is 15.3. The van der Waals surface area contributed by atoms with Crippen molar-refractivity contribution in [2.45, 2.75) is 76.7 Å². The fraction of sp³-hybridized carbons (Fsp3) is 0.500. The average molecular weight is 712 g/mol. The molecule has 276 valence electrons. The molecule has 2 atom stereocenters. The summed E-state index contributed by atoms with van der Waals surface area (Å²) in [6.07, 6.45) is 0.784. The Labute approximate surface area is 295 Å². The smallest absolute Gasteiger partial charge is 0.432 e. The summed E-state index contributed by atoms with van der Waals surface area (Å²) in [5.74, 6) is -2.63. The van der Waals surface area contributed by atoms with Crippen molar-refractivity contribution in [1.29, 1.82) is 0 Å². The van der Waals surface area contributed by atoms with Crippen LogP contribution in [0.25, 0.3) is 11.1 Å². The molecule has 2 aliphatic rings. The lowest BCUT2D eigenvalue weighted by molar-refractivity contribution is -0.177. The van der Waals surface area contributed by atoms with E-state index in [1.165, 1.54) is 0 Å². The number of nitrogens with one attached hydrogen (secondary N) is 2. The maximum atomic E-state index is 13.5. The van der Waals surface area contributed by atoms with Gasteiger partial charge in [0, 0.05) is 76.2 Å². The van der Waals surface area contributed by atoms with Gasteiger partial charge < -0.3 is 24.6 Å². The van der Waals surface area contributed by atoms with E-state index in [1.807, 2.05) is 13.0 Å². The second-order valence-corrected chi connectivity index (χ2v) is 12.2. The van der Waals surface area contributed by atoms with Gasteiger partial charge in [0.1, 0.15) is 6.61 Å². The number of hydroxylamine groups is 3. The fourth-order valence-corrected chi connectivity index (χ4v) is 5.82. The second kappa shape index (κ2) is 19.6. The van der Waals surface area contributed by atoms with E-state index in [2.05, 4.69) is 10.8 Å². The maximum Gasteiger partial charge on any atom is 0.533 e. The van der Waals surface area contributed by atoms with E-state index in [4.69, 9.17) is 29.0 Å². The molecule has 0 aromatic heterocycles. The molecule has 3 N–H and O–H groups in total. The molecular weight excluding hydrogens is 666 g/mol. The van der Waals surface area contributed by atoms with Crippen LogP contribution in [0, 0.1) is 0 Å². The number of ether oxygens (including phenoxy) is 3. The highest BCUT2D eigenvalue weighted by Crippen LogP contribution is 2.48. The summed E-state index contributed by atoms with van der Waals surface area (Å²) in [5.41, 5.74) is 6.06. The lowest BCUT2D eigenvalue weighted by atomic mass is 9.93. The molecule has 0 radical (unpaired) electrons. The highest BCUT2D eigenvalue weighted by Gasteiger charge is 2.36. The van der Waals surface area contributed by atoms with Crippen molar-refractivity contribution in [3.05, 3.63) is 53.1 Å². The van der Waals surface area contributed by atoms with Gasteiger partial charge in [-0.15, -0.1) is 0 Å². The molecule has 2 aromatic rings. The van der Waals surface area contributed by atoms with Crippen LogP contribution < -0.4 is 10.8 Å². The summed E-state index contributed by atoms with van der Waals surface area (Å²) in [6.45, 7) is 2.80. The van der Waals surface area contributed by atoms with Crippen LogP contribution in [-0.4, -0.2) is 92.0 Å². The highest BCUT2D eigenvalue weighted by molar-refractivity contribution is 6.05. The van der Waals surface area contributed by atoms with E-state index in [0.29, 0.717) is 77.7 Å². The third-order valence-electron chi connectivity index (χ3n) is 8.37. The van der Waals surface area contributed by atoms with Gasteiger partial charge in [-0.1, -0.05) is 29.3 Å². The van der Waals surface area contributed by atoms with Gasteiger partial charge in [0.05, 0.1) is 12.7 Å². The van der Waals surface area contributed by atoms with Gasteiger partial charge in [-0.3, -0.25) is 33.6 Å². The fourth-order valence-electron chi connectivity index (χ4n) is 5.82. The summed E-state index contributed by atoms with van der Waals surface area (Å²) >= 11 is 0. The molecule has 15 nitrogen and oxygen atoms in total. The molecule has 4 amide bonds. The van der Waals surface area contributed by atoms with Crippen molar-refractivity contribution in [2.24, 2.45) is 0 Å². The number of carbonyl (C=O) groups is 6. The molecule has 51 heavy (non-hydrogen) atoms. The number of anilines is 1. The summed E-state index contributed by atoms with van der Waals surface area (Å²) < 4.78 is 16.0. The van der Waals surface area contributed by atoms with Gasteiger partial charge in [-0.25, -0.2) is 10.3 Å². The van der Waals surface area contributed by atoms with Crippen LogP contribution in [-0.2, 0) is 43.1 Å². The Morgan fingerprint density at radius 1 is 0.922 bits per heavy atom. The van der Waals surface area contributed by atoms with Crippen LogP contribution >= 0.6 is 0 Å². The minimum atomic E-state index is -1.23. The molecule has 2 aromatic carbocycles. The molecule has 2 unspecified atom stereocenters. The third-order valence-corrected chi connectivity index (χ3v) is 8.37. The topological polar surface area (TPSA) is 196 Å². The Morgan fingerprint density at radius 2 is 1.69 bits per heavy atom. The van der Waals surface area contributed by atoms with Gasteiger partial charge in [0.15, 0.2) is 5.78 Å². The van der Waals surface area contributed by atoms with Crippen molar-refractivity contribution in [2.75, 3.05) is 45.5 Å². The first kappa shape index (κ1) is 39.1. The number of rotatable bonds is 21. The van der Waals surface area contributed by atoms with Crippen LogP contribution in [0.15, 0.2) is 36.4 Å². The number of aliphatic hydroxyl groups excluding tert-OH is 1. The SMILES string of the molecule is COCCCONC(=O)CCCC(=O)Nc1ccc2c(c1)C(COC(=O)ON1C(=O)CCC1=O)c1cccc(C(=O)CCCOC(C)CCO)c1-2. The van der Waals surface area contributed by atoms with Crippen LogP contribution in [0.4, 0.5) is 10.5 Å². The van der Waals surface area contributed by atoms with Gasteiger partial charge in [-0.05, 0) is 67.0 Å². The van der Waals surface area contributed by atoms with E-state index in [9.17, 15) is 28.8 Å². The Kier molecular flexibility index (Phi) is 15.0. The molecule has 0 saturated carbocycles. The number of imide groups is 1. The van der Waals surface area contributed by atoms with E-state index in [-0.39, 0.29) is 75.4 Å². The zero-order valence-corrected chi connectivity index (χ0v) is 28.9. The van der Waals surface area contributed by atoms with Crippen LogP contribution in [0.3, 0.4) is 0 Å². The lowest BCUT2D eigenvalue weighted by Gasteiger charge is -2.17. The first-order valence-electron chi connectivity index (χ1n) is 17.1. The molecule has 0 bridgehead atoms. The molecule has 4 rings (SSSR count). The van der Waals surface area contributed by atoms with Crippen molar-refractivity contribution < 1.29 is 57.8 Å². The van der Waals surface area contributed by atoms with Gasteiger partial charge in [0.2, 0.25) is 11.8 Å². The van der Waals surface area contributed by atoms with Crippen molar-refractivity contribution in [3.8, 4) is 11.1 Å². The number of fused-ring (bicyclic) bond motifs is 3. The Bertz CT molecular complexity index is 1560. The van der Waals surface area contributed by atoms with E-state index in [1.54, 1.807) is 37.4 Å². The Balaban J connectivity index is 1.45. The molecule has 1 aliphatic carbocycles. The number of hydrogen-bond donors (Lipinski definition) is 3. The minimum absolute atomic E-state index is 0.0169. The summed E-state index contributed by atoms with van der Waals surface area (Å²) in [5, 5.41) is 12.3. The number of hydrogen-bond acceptors (Lipinski definition) is 12. The van der Waals surface area contributed by atoms with Gasteiger partial charge in [0.25, 0.3) is 11.8 Å². The largest absolute Gasteiger partial charge is 0.533 e. The highest BCUT2D eigenvalue weighted by atomic mass is 16.8. The van der Waals surface area contributed by atoms with Gasteiger partial charge in [-0.2, -0.15) is 0 Å². The average Bonchev–Trinajstić information content (AvgIpc) is 3.60. The van der Waals surface area contributed by atoms with Crippen molar-refractivity contribution >= 4 is 41.3 Å². The van der Waals surface area contributed by atoms with E-state index < -0.39 is 23.9 Å². The van der Waals surface area contributed by atoms with Crippen molar-refractivity contribution in [3.63, 3.8) is 0 Å². The number of Topliss-reactive ketones (excluding diaryl/α,β-unsaturated/α-hetero) is 1. The van der Waals surface area contributed by atoms with E-state index in [0.717, 1.165) is 0 Å². The van der Waals surface area contributed by atoms with Crippen LogP contribution in [0.1, 0.15) is 92.1 Å². The Hall–Kier alpha value is -4.70. The standard InChI is InChI=1S/C36H45N3O12/c1-23(16-17-40)48-19-5-9-30(41)27-8-3-7-25-29(22-49-36(46)51-39-33(44)14-15-34(39)45)28-21-24(12-13-26(28)35(25)27)37-31(42)10-4-11-32(43)38-50-20-6-18-47-2/h3,7-8,12-13,21,23,29,40H,4-6,9-11,14-20,22H2,1-2H3,(H,37,42)(H,38,43). The lowest BCUT2D eigenvalue weighted by Crippen LogP contribution is -2.32. The first-order chi connectivity index (χ1) is 24.6. The maximum absolute atomic E-state index is 13.5. The van der Waals surface area contributed by atoms with E-state index >= 15 is 0 Å². The molecule has 1 aliphatic heterocycles.